The van der Waals surface area contributed by atoms with Gasteiger partial charge >= 0.3 is 0 Å². The zero-order chi connectivity index (χ0) is 12.4. The highest BCUT2D eigenvalue weighted by molar-refractivity contribution is 5.80. The van der Waals surface area contributed by atoms with E-state index in [1.54, 1.807) is 6.92 Å². The van der Waals surface area contributed by atoms with Crippen molar-refractivity contribution >= 4 is 11.7 Å². The fourth-order valence-corrected chi connectivity index (χ4v) is 1.23. The van der Waals surface area contributed by atoms with Gasteiger partial charge in [0.25, 0.3) is 0 Å². The van der Waals surface area contributed by atoms with E-state index in [9.17, 15) is 9.59 Å². The lowest BCUT2D eigenvalue weighted by atomic mass is 10.0. The van der Waals surface area contributed by atoms with Crippen molar-refractivity contribution in [1.29, 1.82) is 0 Å². The van der Waals surface area contributed by atoms with Crippen LogP contribution in [-0.4, -0.2) is 31.3 Å². The quantitative estimate of drug-likeness (QED) is 0.581. The first kappa shape index (κ1) is 15.1. The highest BCUT2D eigenvalue weighted by Gasteiger charge is 2.09. The van der Waals surface area contributed by atoms with E-state index in [0.29, 0.717) is 19.4 Å². The summed E-state index contributed by atoms with van der Waals surface area (Å²) in [5.41, 5.74) is 0. The van der Waals surface area contributed by atoms with Crippen molar-refractivity contribution in [3.05, 3.63) is 0 Å². The number of carbonyl (C=O) groups is 2. The summed E-state index contributed by atoms with van der Waals surface area (Å²) in [7, 11) is 0. The Morgan fingerprint density at radius 3 is 2.44 bits per heavy atom. The molecule has 0 aromatic carbocycles. The minimum absolute atomic E-state index is 0.0102. The normalized spacial score (nSPS) is 12.2. The number of amides is 1. The van der Waals surface area contributed by atoms with Crippen LogP contribution in [-0.2, 0) is 9.59 Å². The highest BCUT2D eigenvalue weighted by atomic mass is 16.1. The van der Waals surface area contributed by atoms with Gasteiger partial charge in [-0.15, -0.1) is 0 Å². The number of nitrogens with one attached hydrogen (secondary N) is 2. The van der Waals surface area contributed by atoms with E-state index in [-0.39, 0.29) is 17.6 Å². The largest absolute Gasteiger partial charge is 0.355 e. The highest BCUT2D eigenvalue weighted by Crippen LogP contribution is 2.05. The van der Waals surface area contributed by atoms with Crippen molar-refractivity contribution in [3.8, 4) is 0 Å². The molecule has 0 heterocycles. The number of hydrogen-bond donors (Lipinski definition) is 2. The maximum absolute atomic E-state index is 11.4. The molecule has 0 aliphatic heterocycles. The van der Waals surface area contributed by atoms with Crippen molar-refractivity contribution in [2.75, 3.05) is 19.6 Å². The fourth-order valence-electron chi connectivity index (χ4n) is 1.23. The summed E-state index contributed by atoms with van der Waals surface area (Å²) in [6, 6.07) is 0. The van der Waals surface area contributed by atoms with Crippen LogP contribution in [0.1, 0.15) is 40.0 Å². The Balaban J connectivity index is 3.41. The number of Topliss-reactive ketones (excluding diaryl/α,β-unsaturated/α-hetero) is 1. The van der Waals surface area contributed by atoms with Crippen LogP contribution in [0.25, 0.3) is 0 Å². The molecule has 1 atom stereocenters. The molecule has 0 saturated heterocycles. The Bertz CT molecular complexity index is 217. The molecule has 1 amide bonds. The molecule has 0 rings (SSSR count). The molecule has 1 unspecified atom stereocenters. The van der Waals surface area contributed by atoms with Gasteiger partial charge in [0.15, 0.2) is 0 Å². The van der Waals surface area contributed by atoms with Crippen LogP contribution >= 0.6 is 0 Å². The average Bonchev–Trinajstić information content (AvgIpc) is 2.25. The average molecular weight is 228 g/mol. The maximum Gasteiger partial charge on any atom is 0.220 e. The molecule has 0 bridgehead atoms. The monoisotopic (exact) mass is 228 g/mol. The second kappa shape index (κ2) is 9.33. The minimum Gasteiger partial charge on any atom is -0.355 e. The molecule has 0 radical (unpaired) electrons. The lowest BCUT2D eigenvalue weighted by Gasteiger charge is -2.08. The number of hydrogen-bond acceptors (Lipinski definition) is 3. The Morgan fingerprint density at radius 1 is 1.19 bits per heavy atom. The summed E-state index contributed by atoms with van der Waals surface area (Å²) in [6.07, 6.45) is 2.18. The van der Waals surface area contributed by atoms with E-state index in [2.05, 4.69) is 17.6 Å². The number of ketones is 1. The van der Waals surface area contributed by atoms with Gasteiger partial charge in [-0.1, -0.05) is 13.8 Å². The van der Waals surface area contributed by atoms with Gasteiger partial charge in [-0.05, 0) is 26.3 Å². The number of rotatable bonds is 9. The van der Waals surface area contributed by atoms with Gasteiger partial charge in [0.2, 0.25) is 5.91 Å². The second-order valence-corrected chi connectivity index (χ2v) is 4.15. The molecule has 0 saturated carbocycles. The third kappa shape index (κ3) is 8.41. The molecule has 0 spiro atoms. The van der Waals surface area contributed by atoms with E-state index < -0.39 is 0 Å². The van der Waals surface area contributed by atoms with Crippen LogP contribution in [0.2, 0.25) is 0 Å². The lowest BCUT2D eigenvalue weighted by molar-refractivity contribution is -0.122. The lowest BCUT2D eigenvalue weighted by Crippen LogP contribution is -2.32. The van der Waals surface area contributed by atoms with Crippen LogP contribution in [0, 0.1) is 5.92 Å². The van der Waals surface area contributed by atoms with Gasteiger partial charge < -0.3 is 10.6 Å². The van der Waals surface area contributed by atoms with Crippen LogP contribution < -0.4 is 10.6 Å². The molecule has 0 fully saturated rings. The molecule has 0 aliphatic carbocycles. The van der Waals surface area contributed by atoms with Gasteiger partial charge in [0, 0.05) is 25.4 Å². The third-order valence-electron chi connectivity index (χ3n) is 2.55. The summed E-state index contributed by atoms with van der Waals surface area (Å²) < 4.78 is 0. The predicted octanol–water partition coefficient (Wildman–Crippen LogP) is 1.11. The first-order chi connectivity index (χ1) is 7.57. The van der Waals surface area contributed by atoms with E-state index in [4.69, 9.17) is 0 Å². The molecule has 0 aliphatic rings. The molecular formula is C12H24N2O2. The molecule has 2 N–H and O–H groups in total. The second-order valence-electron chi connectivity index (χ2n) is 4.15. The first-order valence-corrected chi connectivity index (χ1v) is 6.05. The van der Waals surface area contributed by atoms with Crippen LogP contribution in [0.5, 0.6) is 0 Å². The summed E-state index contributed by atoms with van der Waals surface area (Å²) in [6.45, 7) is 7.98. The smallest absolute Gasteiger partial charge is 0.220 e. The molecule has 4 nitrogen and oxygen atoms in total. The minimum atomic E-state index is -0.0102. The Labute approximate surface area is 98.2 Å². The first-order valence-electron chi connectivity index (χ1n) is 6.05. The van der Waals surface area contributed by atoms with Crippen LogP contribution in [0.3, 0.4) is 0 Å². The molecule has 0 aromatic rings. The van der Waals surface area contributed by atoms with Gasteiger partial charge in [0.1, 0.15) is 5.78 Å². The van der Waals surface area contributed by atoms with Crippen LogP contribution in [0.4, 0.5) is 0 Å². The standard InChI is InChI=1S/C12H24N2O2/c1-4-7-13-8-9-14-12(16)6-5-10(2)11(3)15/h10,13H,4-9H2,1-3H3,(H,14,16). The van der Waals surface area contributed by atoms with Crippen molar-refractivity contribution in [3.63, 3.8) is 0 Å². The van der Waals surface area contributed by atoms with Gasteiger partial charge in [-0.25, -0.2) is 0 Å². The predicted molar refractivity (Wildman–Crippen MR) is 65.2 cm³/mol. The summed E-state index contributed by atoms with van der Waals surface area (Å²) in [5, 5.41) is 6.03. The molecule has 4 heteroatoms. The third-order valence-corrected chi connectivity index (χ3v) is 2.55. The summed E-state index contributed by atoms with van der Waals surface area (Å²) >= 11 is 0. The van der Waals surface area contributed by atoms with Gasteiger partial charge in [0.05, 0.1) is 0 Å². The fraction of sp³-hybridized carbons (Fsp3) is 0.833. The number of carbonyl (C=O) groups excluding carboxylic acids is 2. The maximum atomic E-state index is 11.4. The van der Waals surface area contributed by atoms with E-state index >= 15 is 0 Å². The topological polar surface area (TPSA) is 58.2 Å². The van der Waals surface area contributed by atoms with E-state index in [0.717, 1.165) is 19.5 Å². The Kier molecular flexibility index (Phi) is 8.81. The van der Waals surface area contributed by atoms with Crippen LogP contribution in [0.15, 0.2) is 0 Å². The molecule has 16 heavy (non-hydrogen) atoms. The van der Waals surface area contributed by atoms with Crippen molar-refractivity contribution in [2.45, 2.75) is 40.0 Å². The zero-order valence-electron chi connectivity index (χ0n) is 10.6. The summed E-state index contributed by atoms with van der Waals surface area (Å²) in [5.74, 6) is 0.174. The molecule has 94 valence electrons. The van der Waals surface area contributed by atoms with E-state index in [1.165, 1.54) is 0 Å². The van der Waals surface area contributed by atoms with E-state index in [1.807, 2.05) is 6.92 Å². The molecular weight excluding hydrogens is 204 g/mol. The zero-order valence-corrected chi connectivity index (χ0v) is 10.6. The van der Waals surface area contributed by atoms with Crippen molar-refractivity contribution < 1.29 is 9.59 Å². The Morgan fingerprint density at radius 2 is 1.88 bits per heavy atom. The van der Waals surface area contributed by atoms with Crippen molar-refractivity contribution in [2.24, 2.45) is 5.92 Å². The molecule has 0 aromatic heterocycles. The van der Waals surface area contributed by atoms with Gasteiger partial charge in [-0.3, -0.25) is 9.59 Å². The Hall–Kier alpha value is -0.900. The van der Waals surface area contributed by atoms with Crippen molar-refractivity contribution in [1.82, 2.24) is 10.6 Å². The SMILES string of the molecule is CCCNCCNC(=O)CCC(C)C(C)=O. The van der Waals surface area contributed by atoms with Gasteiger partial charge in [-0.2, -0.15) is 0 Å². The summed E-state index contributed by atoms with van der Waals surface area (Å²) in [4.78, 5) is 22.3.